The minimum atomic E-state index is -3.94. The molecule has 0 bridgehead atoms. The fourth-order valence-corrected chi connectivity index (χ4v) is 3.60. The zero-order valence-corrected chi connectivity index (χ0v) is 17.3. The lowest BCUT2D eigenvalue weighted by Crippen LogP contribution is -2.20. The summed E-state index contributed by atoms with van der Waals surface area (Å²) in [6, 6.07) is 17.8. The largest absolute Gasteiger partial charge is 0.322 e. The van der Waals surface area contributed by atoms with Crippen molar-refractivity contribution in [3.05, 3.63) is 94.8 Å². The maximum Gasteiger partial charge on any atom is 0.276 e. The lowest BCUT2D eigenvalue weighted by atomic mass is 10.1. The Morgan fingerprint density at radius 2 is 1.70 bits per heavy atom. The third-order valence-corrected chi connectivity index (χ3v) is 5.67. The van der Waals surface area contributed by atoms with Gasteiger partial charge in [-0.05, 0) is 61.0 Å². The summed E-state index contributed by atoms with van der Waals surface area (Å²) in [4.78, 5) is 14.4. The molecule has 3 aromatic carbocycles. The fourth-order valence-electron chi connectivity index (χ4n) is 2.53. The molecule has 0 saturated heterocycles. The molecular formula is C21H17ClFN3O3S. The molecule has 0 aliphatic rings. The van der Waals surface area contributed by atoms with Gasteiger partial charge in [-0.2, -0.15) is 18.4 Å². The normalized spacial score (nSPS) is 11.8. The molecule has 2 N–H and O–H groups in total. The van der Waals surface area contributed by atoms with Gasteiger partial charge in [-0.15, -0.1) is 0 Å². The van der Waals surface area contributed by atoms with E-state index in [1.165, 1.54) is 0 Å². The van der Waals surface area contributed by atoms with Crippen LogP contribution in [-0.4, -0.2) is 20.0 Å². The predicted molar refractivity (Wildman–Crippen MR) is 115 cm³/mol. The number of nitrogens with one attached hydrogen (secondary N) is 2. The predicted octanol–water partition coefficient (Wildman–Crippen LogP) is 4.43. The highest BCUT2D eigenvalue weighted by Gasteiger charge is 2.14. The molecule has 0 unspecified atom stereocenters. The molecule has 0 atom stereocenters. The highest BCUT2D eigenvalue weighted by atomic mass is 35.5. The maximum absolute atomic E-state index is 13.0. The first-order valence-electron chi connectivity index (χ1n) is 8.74. The first kappa shape index (κ1) is 21.5. The van der Waals surface area contributed by atoms with Gasteiger partial charge in [0.2, 0.25) is 0 Å². The third-order valence-electron chi connectivity index (χ3n) is 4.11. The van der Waals surface area contributed by atoms with Crippen molar-refractivity contribution in [3.63, 3.8) is 0 Å². The van der Waals surface area contributed by atoms with E-state index in [1.807, 2.05) is 0 Å². The Balaban J connectivity index is 1.75. The van der Waals surface area contributed by atoms with Crippen LogP contribution in [0.15, 0.2) is 82.8 Å². The lowest BCUT2D eigenvalue weighted by Gasteiger charge is -2.09. The Hall–Kier alpha value is -3.23. The molecule has 30 heavy (non-hydrogen) atoms. The van der Waals surface area contributed by atoms with Gasteiger partial charge in [0.05, 0.1) is 21.2 Å². The monoisotopic (exact) mass is 445 g/mol. The van der Waals surface area contributed by atoms with E-state index in [-0.39, 0.29) is 10.8 Å². The van der Waals surface area contributed by atoms with Gasteiger partial charge < -0.3 is 5.32 Å². The summed E-state index contributed by atoms with van der Waals surface area (Å²) >= 11 is 6.04. The Morgan fingerprint density at radius 1 is 1.00 bits per heavy atom. The van der Waals surface area contributed by atoms with Crippen molar-refractivity contribution < 1.29 is 17.6 Å². The molecule has 0 aliphatic carbocycles. The van der Waals surface area contributed by atoms with E-state index in [9.17, 15) is 17.6 Å². The van der Waals surface area contributed by atoms with Crippen molar-refractivity contribution in [3.8, 4) is 0 Å². The highest BCUT2D eigenvalue weighted by Crippen LogP contribution is 2.18. The fraction of sp³-hybridized carbons (Fsp3) is 0.0476. The van der Waals surface area contributed by atoms with Crippen LogP contribution in [0, 0.1) is 5.82 Å². The average Bonchev–Trinajstić information content (AvgIpc) is 2.73. The van der Waals surface area contributed by atoms with E-state index in [4.69, 9.17) is 11.6 Å². The number of sulfonamides is 1. The Kier molecular flexibility index (Phi) is 6.49. The van der Waals surface area contributed by atoms with Crippen LogP contribution in [0.25, 0.3) is 0 Å². The molecule has 0 fully saturated rings. The molecule has 1 amide bonds. The third kappa shape index (κ3) is 5.22. The number of benzene rings is 3. The standard InChI is InChI=1S/C21H17ClFN3O3S/c1-14(25-26-30(28,29)18-11-9-16(23)10-12-18)15-5-4-6-17(13-15)24-21(27)19-7-2-3-8-20(19)22/h2-13,26H,1H3,(H,24,27). The number of rotatable bonds is 6. The molecule has 0 spiro atoms. The van der Waals surface area contributed by atoms with E-state index < -0.39 is 15.8 Å². The smallest absolute Gasteiger partial charge is 0.276 e. The second kappa shape index (κ2) is 9.06. The van der Waals surface area contributed by atoms with E-state index in [1.54, 1.807) is 55.5 Å². The van der Waals surface area contributed by atoms with Gasteiger partial charge in [-0.1, -0.05) is 35.9 Å². The quantitative estimate of drug-likeness (QED) is 0.434. The van der Waals surface area contributed by atoms with E-state index in [0.29, 0.717) is 27.5 Å². The van der Waals surface area contributed by atoms with E-state index in [2.05, 4.69) is 15.2 Å². The molecule has 0 aromatic heterocycles. The number of halogens is 2. The first-order valence-corrected chi connectivity index (χ1v) is 10.6. The molecule has 3 rings (SSSR count). The number of hydrogen-bond acceptors (Lipinski definition) is 4. The van der Waals surface area contributed by atoms with E-state index >= 15 is 0 Å². The summed E-state index contributed by atoms with van der Waals surface area (Å²) in [5.41, 5.74) is 1.79. The average molecular weight is 446 g/mol. The number of hydrazone groups is 1. The molecule has 0 aliphatic heterocycles. The van der Waals surface area contributed by atoms with Crippen LogP contribution in [-0.2, 0) is 10.0 Å². The van der Waals surface area contributed by atoms with Gasteiger partial charge >= 0.3 is 0 Å². The Morgan fingerprint density at radius 3 is 2.40 bits per heavy atom. The summed E-state index contributed by atoms with van der Waals surface area (Å²) in [7, 11) is -3.94. The zero-order chi connectivity index (χ0) is 21.7. The minimum Gasteiger partial charge on any atom is -0.322 e. The summed E-state index contributed by atoms with van der Waals surface area (Å²) in [6.07, 6.45) is 0. The lowest BCUT2D eigenvalue weighted by molar-refractivity contribution is 0.102. The summed E-state index contributed by atoms with van der Waals surface area (Å²) in [6.45, 7) is 1.61. The molecular weight excluding hydrogens is 429 g/mol. The second-order valence-electron chi connectivity index (χ2n) is 6.26. The van der Waals surface area contributed by atoms with E-state index in [0.717, 1.165) is 24.3 Å². The van der Waals surface area contributed by atoms with Crippen LogP contribution < -0.4 is 10.1 Å². The molecule has 154 valence electrons. The van der Waals surface area contributed by atoms with Crippen LogP contribution in [0.3, 0.4) is 0 Å². The molecule has 3 aromatic rings. The van der Waals surface area contributed by atoms with Gasteiger partial charge in [0.15, 0.2) is 0 Å². The van der Waals surface area contributed by atoms with Gasteiger partial charge in [0, 0.05) is 5.69 Å². The van der Waals surface area contributed by atoms with Crippen LogP contribution in [0.5, 0.6) is 0 Å². The minimum absolute atomic E-state index is 0.110. The zero-order valence-electron chi connectivity index (χ0n) is 15.8. The van der Waals surface area contributed by atoms with Crippen molar-refractivity contribution in [2.45, 2.75) is 11.8 Å². The number of carbonyl (C=O) groups is 1. The van der Waals surface area contributed by atoms with Gasteiger partial charge in [0.1, 0.15) is 5.82 Å². The number of anilines is 1. The summed E-state index contributed by atoms with van der Waals surface area (Å²) in [5.74, 6) is -0.909. The van der Waals surface area contributed by atoms with Crippen LogP contribution in [0.4, 0.5) is 10.1 Å². The Labute approximate surface area is 178 Å². The van der Waals surface area contributed by atoms with Crippen LogP contribution in [0.2, 0.25) is 5.02 Å². The first-order chi connectivity index (χ1) is 14.3. The molecule has 0 heterocycles. The topological polar surface area (TPSA) is 87.6 Å². The number of nitrogens with zero attached hydrogens (tertiary/aromatic N) is 1. The van der Waals surface area contributed by atoms with Gasteiger partial charge in [-0.3, -0.25) is 4.79 Å². The van der Waals surface area contributed by atoms with Crippen LogP contribution >= 0.6 is 11.6 Å². The van der Waals surface area contributed by atoms with Crippen molar-refractivity contribution in [1.82, 2.24) is 4.83 Å². The van der Waals surface area contributed by atoms with Crippen molar-refractivity contribution in [1.29, 1.82) is 0 Å². The summed E-state index contributed by atoms with van der Waals surface area (Å²) in [5, 5.41) is 6.99. The van der Waals surface area contributed by atoms with Crippen molar-refractivity contribution >= 4 is 38.9 Å². The number of hydrogen-bond donors (Lipinski definition) is 2. The summed E-state index contributed by atoms with van der Waals surface area (Å²) < 4.78 is 37.5. The molecule has 6 nitrogen and oxygen atoms in total. The second-order valence-corrected chi connectivity index (χ2v) is 8.33. The van der Waals surface area contributed by atoms with Crippen molar-refractivity contribution in [2.75, 3.05) is 5.32 Å². The Bertz CT molecular complexity index is 1210. The SMILES string of the molecule is CC(=NNS(=O)(=O)c1ccc(F)cc1)c1cccc(NC(=O)c2ccccc2Cl)c1. The van der Waals surface area contributed by atoms with Crippen LogP contribution in [0.1, 0.15) is 22.8 Å². The highest BCUT2D eigenvalue weighted by molar-refractivity contribution is 7.89. The molecule has 0 saturated carbocycles. The van der Waals surface area contributed by atoms with Crippen molar-refractivity contribution in [2.24, 2.45) is 5.10 Å². The molecule has 9 heteroatoms. The number of carbonyl (C=O) groups excluding carboxylic acids is 1. The van der Waals surface area contributed by atoms with Gasteiger partial charge in [0.25, 0.3) is 15.9 Å². The maximum atomic E-state index is 13.0. The number of amides is 1. The molecule has 0 radical (unpaired) electrons. The van der Waals surface area contributed by atoms with Gasteiger partial charge in [-0.25, -0.2) is 4.39 Å².